The number of nitrogens with one attached hydrogen (secondary N) is 1. The van der Waals surface area contributed by atoms with E-state index in [0.717, 1.165) is 51.9 Å². The normalized spacial score (nSPS) is 21.6. The molecule has 0 radical (unpaired) electrons. The van der Waals surface area contributed by atoms with Crippen LogP contribution in [-0.2, 0) is 11.3 Å². The van der Waals surface area contributed by atoms with Gasteiger partial charge in [0.05, 0.1) is 13.2 Å². The van der Waals surface area contributed by atoms with Crippen molar-refractivity contribution in [1.82, 2.24) is 15.1 Å². The van der Waals surface area contributed by atoms with Gasteiger partial charge in [0.2, 0.25) is 0 Å². The fourth-order valence-electron chi connectivity index (χ4n) is 3.56. The summed E-state index contributed by atoms with van der Waals surface area (Å²) >= 11 is 0. The number of rotatable bonds is 7. The van der Waals surface area contributed by atoms with E-state index in [1.165, 1.54) is 38.0 Å². The second-order valence-corrected chi connectivity index (χ2v) is 6.86. The number of benzene rings is 1. The highest BCUT2D eigenvalue weighted by atomic mass is 16.5. The molecule has 1 aromatic carbocycles. The Kier molecular flexibility index (Phi) is 6.89. The summed E-state index contributed by atoms with van der Waals surface area (Å²) in [5.74, 6) is 0.853. The highest BCUT2D eigenvalue weighted by Gasteiger charge is 2.19. The van der Waals surface area contributed by atoms with Gasteiger partial charge in [-0.05, 0) is 44.0 Å². The lowest BCUT2D eigenvalue weighted by Gasteiger charge is -2.32. The van der Waals surface area contributed by atoms with Crippen LogP contribution in [0.1, 0.15) is 18.4 Å². The fraction of sp³-hybridized carbons (Fsp3) is 0.684. The van der Waals surface area contributed by atoms with Gasteiger partial charge in [0.1, 0.15) is 0 Å². The van der Waals surface area contributed by atoms with Crippen molar-refractivity contribution in [3.05, 3.63) is 35.9 Å². The Labute approximate surface area is 140 Å². The van der Waals surface area contributed by atoms with Gasteiger partial charge in [0.15, 0.2) is 0 Å². The zero-order chi connectivity index (χ0) is 15.7. The molecule has 3 rings (SSSR count). The van der Waals surface area contributed by atoms with Gasteiger partial charge >= 0.3 is 0 Å². The number of ether oxygens (including phenoxy) is 1. The maximum Gasteiger partial charge on any atom is 0.0594 e. The number of piperidine rings is 1. The summed E-state index contributed by atoms with van der Waals surface area (Å²) in [4.78, 5) is 5.10. The zero-order valence-corrected chi connectivity index (χ0v) is 14.3. The Hall–Kier alpha value is -0.940. The van der Waals surface area contributed by atoms with E-state index in [1.807, 2.05) is 0 Å². The summed E-state index contributed by atoms with van der Waals surface area (Å²) in [5, 5.41) is 3.67. The van der Waals surface area contributed by atoms with Gasteiger partial charge in [-0.2, -0.15) is 0 Å². The van der Waals surface area contributed by atoms with Crippen LogP contribution >= 0.6 is 0 Å². The molecule has 4 heteroatoms. The van der Waals surface area contributed by atoms with Crippen LogP contribution in [0.3, 0.4) is 0 Å². The van der Waals surface area contributed by atoms with Gasteiger partial charge < -0.3 is 10.1 Å². The fourth-order valence-corrected chi connectivity index (χ4v) is 3.56. The summed E-state index contributed by atoms with van der Waals surface area (Å²) in [6, 6.07) is 10.8. The van der Waals surface area contributed by atoms with Crippen molar-refractivity contribution in [3.63, 3.8) is 0 Å². The SMILES string of the molecule is c1ccc(CN2CCC(CNCCN3CCOCC3)CC2)cc1. The van der Waals surface area contributed by atoms with E-state index >= 15 is 0 Å². The third-order valence-electron chi connectivity index (χ3n) is 5.10. The molecule has 0 atom stereocenters. The Balaban J connectivity index is 1.26. The Morgan fingerprint density at radius 1 is 0.957 bits per heavy atom. The number of likely N-dealkylation sites (tertiary alicyclic amines) is 1. The van der Waals surface area contributed by atoms with Crippen LogP contribution in [0, 0.1) is 5.92 Å². The van der Waals surface area contributed by atoms with Crippen LogP contribution in [-0.4, -0.2) is 68.8 Å². The largest absolute Gasteiger partial charge is 0.379 e. The maximum absolute atomic E-state index is 5.39. The van der Waals surface area contributed by atoms with E-state index in [-0.39, 0.29) is 0 Å². The molecule has 2 aliphatic heterocycles. The first-order chi connectivity index (χ1) is 11.4. The molecule has 0 saturated carbocycles. The van der Waals surface area contributed by atoms with E-state index in [4.69, 9.17) is 4.74 Å². The number of morpholine rings is 1. The number of hydrogen-bond acceptors (Lipinski definition) is 4. The van der Waals surface area contributed by atoms with Gasteiger partial charge in [-0.1, -0.05) is 30.3 Å². The van der Waals surface area contributed by atoms with Crippen molar-refractivity contribution in [1.29, 1.82) is 0 Å². The lowest BCUT2D eigenvalue weighted by atomic mass is 9.96. The molecule has 2 aliphatic rings. The molecule has 0 aliphatic carbocycles. The third-order valence-corrected chi connectivity index (χ3v) is 5.10. The van der Waals surface area contributed by atoms with Crippen molar-refractivity contribution in [2.45, 2.75) is 19.4 Å². The van der Waals surface area contributed by atoms with E-state index in [0.29, 0.717) is 0 Å². The molecule has 1 aromatic rings. The van der Waals surface area contributed by atoms with Crippen LogP contribution in [0.25, 0.3) is 0 Å². The molecule has 23 heavy (non-hydrogen) atoms. The summed E-state index contributed by atoms with van der Waals surface area (Å²) < 4.78 is 5.39. The monoisotopic (exact) mass is 317 g/mol. The molecule has 4 nitrogen and oxygen atoms in total. The van der Waals surface area contributed by atoms with Crippen molar-refractivity contribution in [3.8, 4) is 0 Å². The van der Waals surface area contributed by atoms with Crippen molar-refractivity contribution in [2.75, 3.05) is 59.0 Å². The van der Waals surface area contributed by atoms with Gasteiger partial charge in [0, 0.05) is 32.7 Å². The van der Waals surface area contributed by atoms with E-state index in [1.54, 1.807) is 0 Å². The maximum atomic E-state index is 5.39. The molecule has 0 aromatic heterocycles. The Bertz CT molecular complexity index is 426. The second kappa shape index (κ2) is 9.38. The Morgan fingerprint density at radius 2 is 1.70 bits per heavy atom. The van der Waals surface area contributed by atoms with Gasteiger partial charge in [-0.25, -0.2) is 0 Å². The minimum Gasteiger partial charge on any atom is -0.379 e. The smallest absolute Gasteiger partial charge is 0.0594 e. The van der Waals surface area contributed by atoms with Crippen molar-refractivity contribution < 1.29 is 4.74 Å². The van der Waals surface area contributed by atoms with E-state index < -0.39 is 0 Å². The first kappa shape index (κ1) is 16.9. The predicted molar refractivity (Wildman–Crippen MR) is 94.6 cm³/mol. The minimum absolute atomic E-state index is 0.853. The molecule has 0 unspecified atom stereocenters. The molecule has 1 N–H and O–H groups in total. The average molecular weight is 317 g/mol. The summed E-state index contributed by atoms with van der Waals surface area (Å²) in [6.07, 6.45) is 2.66. The highest BCUT2D eigenvalue weighted by Crippen LogP contribution is 2.18. The molecule has 0 bridgehead atoms. The van der Waals surface area contributed by atoms with Gasteiger partial charge in [0.25, 0.3) is 0 Å². The lowest BCUT2D eigenvalue weighted by Crippen LogP contribution is -2.42. The topological polar surface area (TPSA) is 27.7 Å². The molecular weight excluding hydrogens is 286 g/mol. The molecule has 0 spiro atoms. The standard InChI is InChI=1S/C19H31N3O/c1-2-4-19(5-3-1)17-22-9-6-18(7-10-22)16-20-8-11-21-12-14-23-15-13-21/h1-5,18,20H,6-17H2. The molecule has 2 saturated heterocycles. The first-order valence-corrected chi connectivity index (χ1v) is 9.17. The van der Waals surface area contributed by atoms with Crippen LogP contribution < -0.4 is 5.32 Å². The van der Waals surface area contributed by atoms with Crippen LogP contribution in [0.5, 0.6) is 0 Å². The number of hydrogen-bond donors (Lipinski definition) is 1. The Morgan fingerprint density at radius 3 is 2.43 bits per heavy atom. The zero-order valence-electron chi connectivity index (χ0n) is 14.3. The molecule has 2 heterocycles. The van der Waals surface area contributed by atoms with E-state index in [2.05, 4.69) is 45.4 Å². The molecule has 2 fully saturated rings. The third kappa shape index (κ3) is 5.88. The van der Waals surface area contributed by atoms with Crippen molar-refractivity contribution in [2.24, 2.45) is 5.92 Å². The second-order valence-electron chi connectivity index (χ2n) is 6.86. The summed E-state index contributed by atoms with van der Waals surface area (Å²) in [5.41, 5.74) is 1.44. The first-order valence-electron chi connectivity index (χ1n) is 9.17. The van der Waals surface area contributed by atoms with Gasteiger partial charge in [-0.15, -0.1) is 0 Å². The average Bonchev–Trinajstić information content (AvgIpc) is 2.62. The van der Waals surface area contributed by atoms with E-state index in [9.17, 15) is 0 Å². The van der Waals surface area contributed by atoms with Crippen LogP contribution in [0.15, 0.2) is 30.3 Å². The molecular formula is C19H31N3O. The van der Waals surface area contributed by atoms with Crippen LogP contribution in [0.2, 0.25) is 0 Å². The van der Waals surface area contributed by atoms with Crippen LogP contribution in [0.4, 0.5) is 0 Å². The number of nitrogens with zero attached hydrogens (tertiary/aromatic N) is 2. The quantitative estimate of drug-likeness (QED) is 0.777. The molecule has 128 valence electrons. The summed E-state index contributed by atoms with van der Waals surface area (Å²) in [6.45, 7) is 11.1. The minimum atomic E-state index is 0.853. The predicted octanol–water partition coefficient (Wildman–Crippen LogP) is 1.82. The lowest BCUT2D eigenvalue weighted by molar-refractivity contribution is 0.0382. The highest BCUT2D eigenvalue weighted by molar-refractivity contribution is 5.14. The molecule has 0 amide bonds. The summed E-state index contributed by atoms with van der Waals surface area (Å²) in [7, 11) is 0. The van der Waals surface area contributed by atoms with Gasteiger partial charge in [-0.3, -0.25) is 9.80 Å². The van der Waals surface area contributed by atoms with Crippen molar-refractivity contribution >= 4 is 0 Å².